The Bertz CT molecular complexity index is 999. The largest absolute Gasteiger partial charge is 2.00 e. The summed E-state index contributed by atoms with van der Waals surface area (Å²) in [5.74, 6) is 2.44. The van der Waals surface area contributed by atoms with Crippen LogP contribution in [0.2, 0.25) is 0 Å². The molecule has 0 spiro atoms. The Morgan fingerprint density at radius 2 is 0.915 bits per heavy atom. The van der Waals surface area contributed by atoms with Crippen LogP contribution < -0.4 is 15.9 Å². The fourth-order valence-corrected chi connectivity index (χ4v) is 6.51. The van der Waals surface area contributed by atoms with Crippen LogP contribution in [0.3, 0.4) is 0 Å². The van der Waals surface area contributed by atoms with Crippen molar-refractivity contribution in [1.82, 2.24) is 0 Å². The van der Waals surface area contributed by atoms with Gasteiger partial charge in [0.15, 0.2) is 0 Å². The smallest absolute Gasteiger partial charge is 0.0622 e. The van der Waals surface area contributed by atoms with E-state index < -0.39 is 7.92 Å². The van der Waals surface area contributed by atoms with Crippen molar-refractivity contribution in [2.45, 2.75) is 13.0 Å². The summed E-state index contributed by atoms with van der Waals surface area (Å²) in [5.41, 5.74) is 0. The zero-order chi connectivity index (χ0) is 31.8. The van der Waals surface area contributed by atoms with Gasteiger partial charge in [-0.25, -0.2) is 12.8 Å². The van der Waals surface area contributed by atoms with Crippen LogP contribution in [0.25, 0.3) is 0 Å². The molecule has 1 nitrogen and oxygen atoms in total. The topological polar surface area (TPSA) is 12.4 Å². The second-order valence-corrected chi connectivity index (χ2v) is 11.8. The third-order valence-electron chi connectivity index (χ3n) is 6.40. The van der Waals surface area contributed by atoms with E-state index in [-0.39, 0.29) is 40.2 Å². The average molecular weight is 828 g/mol. The van der Waals surface area contributed by atoms with E-state index in [1.807, 2.05) is 89.7 Å². The molecule has 4 aliphatic carbocycles. The minimum absolute atomic E-state index is 0. The van der Waals surface area contributed by atoms with Gasteiger partial charge in [0.05, 0.1) is 6.04 Å². The third kappa shape index (κ3) is 18.5. The molecule has 0 amide bonds. The van der Waals surface area contributed by atoms with Gasteiger partial charge in [0.1, 0.15) is 0 Å². The molecular weight excluding hydrogens is 791 g/mol. The molecule has 240 valence electrons. The fraction of sp³-hybridized carbons (Fsp3) is 0.0488. The number of nitrogens with zero attached hydrogens (tertiary/aromatic N) is 1. The number of benzene rings is 3. The SMILES string of the molecule is C[C@H](N=C[C]1[CH][CH][CH][CH]1)[C]1[CH][CH][CH][CH]1.[C-]1[CH][CH][CH][CH]1.[CH]1[CH][CH][CH][CH]1.[Cl][Pd+].[Fe+2].[Fe+2].c1ccc(P(c2ccccc2)c2ccccc2)cc1. The molecule has 20 radical (unpaired) electrons. The monoisotopic (exact) mass is 827 g/mol. The first-order chi connectivity index (χ1) is 22.3. The number of rotatable bonds is 6. The maximum atomic E-state index is 4.49. The molecule has 47 heavy (non-hydrogen) atoms. The molecule has 4 saturated carbocycles. The fourth-order valence-electron chi connectivity index (χ4n) is 4.20. The van der Waals surface area contributed by atoms with Crippen LogP contribution in [-0.2, 0) is 52.3 Å². The van der Waals surface area contributed by atoms with Crippen LogP contribution in [0.4, 0.5) is 0 Å². The first-order valence-corrected chi connectivity index (χ1v) is 17.9. The van der Waals surface area contributed by atoms with E-state index in [1.165, 1.54) is 27.7 Å². The molecule has 0 bridgehead atoms. The molecule has 6 heteroatoms. The van der Waals surface area contributed by atoms with Crippen molar-refractivity contribution in [2.24, 2.45) is 4.99 Å². The van der Waals surface area contributed by atoms with Gasteiger partial charge < -0.3 is 6.42 Å². The summed E-state index contributed by atoms with van der Waals surface area (Å²) in [5, 5.41) is 4.19. The average Bonchev–Trinajstić information content (AvgIpc) is 3.96. The van der Waals surface area contributed by atoms with Crippen molar-refractivity contribution < 1.29 is 52.3 Å². The normalized spacial score (nSPS) is 17.8. The van der Waals surface area contributed by atoms with Crippen LogP contribution >= 0.6 is 17.5 Å². The zero-order valence-electron chi connectivity index (χ0n) is 25.9. The van der Waals surface area contributed by atoms with Crippen molar-refractivity contribution in [3.63, 3.8) is 0 Å². The van der Waals surface area contributed by atoms with Crippen molar-refractivity contribution in [2.75, 3.05) is 0 Å². The predicted molar refractivity (Wildman–Crippen MR) is 192 cm³/mol. The standard InChI is InChI=1S/C18H15P.C13H13N.C5H5.C5H4.ClH.2Fe.Pd/c1-4-10-16(11-5-1)19(17-12-6-2-7-13-17)18-14-8-3-9-15-18;1-11(13-8-4-5-9-13)14-10-12-6-2-3-7-12;2*1-2-4-5-3-1;;;;/h1-15H;2-11H,1H3;1-5H;1-4H;1H;;;/q;;;-1;;3*+2/p-1/t;11-;;;;;;/m.0....../s1. The molecule has 0 N–H and O–H groups in total. The Morgan fingerprint density at radius 1 is 0.553 bits per heavy atom. The van der Waals surface area contributed by atoms with Crippen LogP contribution in [0.1, 0.15) is 6.92 Å². The second kappa shape index (κ2) is 29.5. The summed E-state index contributed by atoms with van der Waals surface area (Å²) in [7, 11) is 4.04. The third-order valence-corrected chi connectivity index (χ3v) is 8.84. The Balaban J connectivity index is 0.000000344. The van der Waals surface area contributed by atoms with Crippen LogP contribution in [0.5, 0.6) is 0 Å². The van der Waals surface area contributed by atoms with E-state index in [4.69, 9.17) is 0 Å². The van der Waals surface area contributed by atoms with Gasteiger partial charge >= 0.3 is 61.8 Å². The van der Waals surface area contributed by atoms with Crippen LogP contribution in [0, 0.1) is 127 Å². The molecule has 0 saturated heterocycles. The Hall–Kier alpha value is -0.249. The summed E-state index contributed by atoms with van der Waals surface area (Å²) < 4.78 is 0. The van der Waals surface area contributed by atoms with Crippen molar-refractivity contribution >= 4 is 39.6 Å². The van der Waals surface area contributed by atoms with E-state index >= 15 is 0 Å². The molecule has 7 rings (SSSR count). The minimum Gasteiger partial charge on any atom is -0.0622 e. The molecular formula is C41H37ClFe2NPPd+4. The molecule has 3 aromatic rings. The zero-order valence-corrected chi connectivity index (χ0v) is 31.3. The molecule has 4 aliphatic rings. The van der Waals surface area contributed by atoms with Crippen molar-refractivity contribution in [3.05, 3.63) is 218 Å². The summed E-state index contributed by atoms with van der Waals surface area (Å²) in [6.45, 7) is 2.11. The first kappa shape index (κ1) is 44.8. The molecule has 0 aliphatic heterocycles. The van der Waals surface area contributed by atoms with Gasteiger partial charge in [-0.1, -0.05) is 104 Å². The van der Waals surface area contributed by atoms with E-state index in [1.54, 1.807) is 0 Å². The maximum absolute atomic E-state index is 4.49. The molecule has 0 unspecified atom stereocenters. The molecule has 0 aromatic heterocycles. The second-order valence-electron chi connectivity index (χ2n) is 9.58. The van der Waals surface area contributed by atoms with Gasteiger partial charge in [-0.05, 0) is 114 Å². The summed E-state index contributed by atoms with van der Waals surface area (Å²) in [4.78, 5) is 4.48. The van der Waals surface area contributed by atoms with Gasteiger partial charge in [-0.15, -0.1) is 0 Å². The van der Waals surface area contributed by atoms with E-state index in [9.17, 15) is 0 Å². The van der Waals surface area contributed by atoms with Crippen LogP contribution in [0.15, 0.2) is 96.0 Å². The summed E-state index contributed by atoms with van der Waals surface area (Å²) in [6.07, 6.45) is 38.9. The maximum Gasteiger partial charge on any atom is 2.00 e. The van der Waals surface area contributed by atoms with Gasteiger partial charge in [-0.2, -0.15) is 0 Å². The predicted octanol–water partition coefficient (Wildman–Crippen LogP) is 8.30. The van der Waals surface area contributed by atoms with Gasteiger partial charge in [0.2, 0.25) is 0 Å². The van der Waals surface area contributed by atoms with Gasteiger partial charge in [-0.3, -0.25) is 4.99 Å². The van der Waals surface area contributed by atoms with E-state index in [0.717, 1.165) is 0 Å². The van der Waals surface area contributed by atoms with E-state index in [2.05, 4.69) is 163 Å². The van der Waals surface area contributed by atoms with Crippen molar-refractivity contribution in [3.8, 4) is 0 Å². The molecule has 0 heterocycles. The number of hydrogen-bond acceptors (Lipinski definition) is 1. The minimum atomic E-state index is -0.446. The first-order valence-electron chi connectivity index (χ1n) is 14.6. The van der Waals surface area contributed by atoms with Crippen molar-refractivity contribution in [1.29, 1.82) is 0 Å². The molecule has 3 aromatic carbocycles. The number of aliphatic imine (C=N–C) groups is 1. The van der Waals surface area contributed by atoms with Crippen LogP contribution in [-0.4, -0.2) is 12.3 Å². The van der Waals surface area contributed by atoms with Gasteiger partial charge in [0.25, 0.3) is 0 Å². The quantitative estimate of drug-likeness (QED) is 0.103. The Labute approximate surface area is 325 Å². The van der Waals surface area contributed by atoms with E-state index in [0.29, 0.717) is 0 Å². The molecule has 1 atom stereocenters. The summed E-state index contributed by atoms with van der Waals surface area (Å²) in [6, 6.07) is 32.6. The van der Waals surface area contributed by atoms with Gasteiger partial charge in [0, 0.05) is 18.1 Å². The molecule has 4 fully saturated rings. The summed E-state index contributed by atoms with van der Waals surface area (Å²) >= 11 is 2.22. The number of halogens is 1. The number of hydrogen-bond donors (Lipinski definition) is 0. The Morgan fingerprint density at radius 3 is 1.26 bits per heavy atom. The Kier molecular flexibility index (Phi) is 28.1.